The van der Waals surface area contributed by atoms with Gasteiger partial charge in [-0.25, -0.2) is 0 Å². The van der Waals surface area contributed by atoms with E-state index in [0.717, 1.165) is 5.56 Å². The van der Waals surface area contributed by atoms with Crippen LogP contribution in [0.1, 0.15) is 44.7 Å². The average molecular weight is 228 g/mol. The van der Waals surface area contributed by atoms with E-state index in [0.29, 0.717) is 5.75 Å². The first-order valence-corrected chi connectivity index (χ1v) is 6.08. The second-order valence-corrected chi connectivity index (χ2v) is 5.11. The highest BCUT2D eigenvalue weighted by Gasteiger charge is 2.27. The number of benzene rings is 1. The molecule has 0 fully saturated rings. The number of phenols is 1. The van der Waals surface area contributed by atoms with Crippen LogP contribution in [0.25, 0.3) is 0 Å². The topological polar surface area (TPSA) is 20.2 Å². The Hall–Kier alpha value is -1.50. The summed E-state index contributed by atoms with van der Waals surface area (Å²) >= 11 is 0. The van der Waals surface area contributed by atoms with Crippen molar-refractivity contribution in [2.75, 3.05) is 0 Å². The zero-order valence-corrected chi connectivity index (χ0v) is 11.3. The van der Waals surface area contributed by atoms with Crippen molar-refractivity contribution in [2.24, 2.45) is 0 Å². The van der Waals surface area contributed by atoms with Crippen LogP contribution in [0.3, 0.4) is 0 Å². The summed E-state index contributed by atoms with van der Waals surface area (Å²) in [6.07, 6.45) is 0. The van der Waals surface area contributed by atoms with Gasteiger partial charge >= 0.3 is 0 Å². The summed E-state index contributed by atoms with van der Waals surface area (Å²) in [6.45, 7) is 10.7. The fourth-order valence-electron chi connectivity index (χ4n) is 2.72. The largest absolute Gasteiger partial charge is 0.508 e. The maximum Gasteiger partial charge on any atom is 0.119 e. The third kappa shape index (κ3) is 1.80. The first-order chi connectivity index (χ1) is 7.93. The molecule has 1 aromatic carbocycles. The highest BCUT2D eigenvalue weighted by atomic mass is 16.3. The molecule has 0 saturated carbocycles. The van der Waals surface area contributed by atoms with Gasteiger partial charge in [-0.2, -0.15) is 0 Å². The Kier molecular flexibility index (Phi) is 2.86. The molecule has 1 aliphatic rings. The van der Waals surface area contributed by atoms with Gasteiger partial charge in [-0.05, 0) is 51.8 Å². The third-order valence-electron chi connectivity index (χ3n) is 4.11. The molecule has 1 nitrogen and oxygen atoms in total. The lowest BCUT2D eigenvalue weighted by Gasteiger charge is -2.17. The normalized spacial score (nSPS) is 17.2. The van der Waals surface area contributed by atoms with Gasteiger partial charge in [0.05, 0.1) is 0 Å². The van der Waals surface area contributed by atoms with Gasteiger partial charge < -0.3 is 5.11 Å². The molecule has 90 valence electrons. The van der Waals surface area contributed by atoms with E-state index < -0.39 is 0 Å². The number of rotatable bonds is 1. The van der Waals surface area contributed by atoms with Gasteiger partial charge in [0.15, 0.2) is 0 Å². The van der Waals surface area contributed by atoms with Crippen molar-refractivity contribution in [1.82, 2.24) is 0 Å². The van der Waals surface area contributed by atoms with Crippen molar-refractivity contribution >= 4 is 0 Å². The number of hydrogen-bond donors (Lipinski definition) is 1. The van der Waals surface area contributed by atoms with Crippen LogP contribution in [0.15, 0.2) is 40.5 Å². The molecule has 0 aliphatic heterocycles. The molecular formula is C16H20O. The zero-order chi connectivity index (χ0) is 12.7. The molecule has 0 bridgehead atoms. The minimum atomic E-state index is 0.259. The van der Waals surface area contributed by atoms with Gasteiger partial charge in [-0.15, -0.1) is 0 Å². The van der Waals surface area contributed by atoms with Crippen molar-refractivity contribution in [1.29, 1.82) is 0 Å². The van der Waals surface area contributed by atoms with E-state index in [1.54, 1.807) is 6.07 Å². The second-order valence-electron chi connectivity index (χ2n) is 5.11. The molecule has 1 aliphatic carbocycles. The molecule has 0 spiro atoms. The Balaban J connectivity index is 2.59. The van der Waals surface area contributed by atoms with E-state index in [1.807, 2.05) is 6.07 Å². The molecular weight excluding hydrogens is 208 g/mol. The summed E-state index contributed by atoms with van der Waals surface area (Å²) in [4.78, 5) is 0. The summed E-state index contributed by atoms with van der Waals surface area (Å²) in [7, 11) is 0. The Morgan fingerprint density at radius 3 is 1.94 bits per heavy atom. The third-order valence-corrected chi connectivity index (χ3v) is 4.11. The first-order valence-electron chi connectivity index (χ1n) is 6.08. The Bertz CT molecular complexity index is 508. The fraction of sp³-hybridized carbons (Fsp3) is 0.375. The van der Waals surface area contributed by atoms with Crippen LogP contribution in [0.5, 0.6) is 5.75 Å². The monoisotopic (exact) mass is 228 g/mol. The molecule has 1 aromatic rings. The lowest BCUT2D eigenvalue weighted by atomic mass is 9.87. The van der Waals surface area contributed by atoms with Gasteiger partial charge in [-0.1, -0.05) is 28.8 Å². The summed E-state index contributed by atoms with van der Waals surface area (Å²) in [5.41, 5.74) is 7.69. The molecule has 0 saturated heterocycles. The van der Waals surface area contributed by atoms with Crippen LogP contribution in [0.4, 0.5) is 0 Å². The molecule has 0 radical (unpaired) electrons. The fourth-order valence-corrected chi connectivity index (χ4v) is 2.72. The van der Waals surface area contributed by atoms with E-state index >= 15 is 0 Å². The average Bonchev–Trinajstić information content (AvgIpc) is 2.48. The maximum atomic E-state index is 10.1. The SMILES string of the molecule is CC1=C(C)C(c2cc(C)ccc2O)C(C)=C1C. The molecule has 1 heteroatoms. The summed E-state index contributed by atoms with van der Waals surface area (Å²) in [5, 5.41) is 10.1. The lowest BCUT2D eigenvalue weighted by molar-refractivity contribution is 0.466. The van der Waals surface area contributed by atoms with Crippen molar-refractivity contribution in [2.45, 2.75) is 40.5 Å². The highest BCUT2D eigenvalue weighted by molar-refractivity contribution is 5.56. The van der Waals surface area contributed by atoms with Gasteiger partial charge in [-0.3, -0.25) is 0 Å². The number of phenolic OH excluding ortho intramolecular Hbond substituents is 1. The second kappa shape index (κ2) is 4.06. The van der Waals surface area contributed by atoms with Crippen molar-refractivity contribution < 1.29 is 5.11 Å². The molecule has 0 atom stereocenters. The maximum absolute atomic E-state index is 10.1. The molecule has 17 heavy (non-hydrogen) atoms. The van der Waals surface area contributed by atoms with Gasteiger partial charge in [0.1, 0.15) is 5.75 Å². The predicted molar refractivity (Wildman–Crippen MR) is 72.3 cm³/mol. The van der Waals surface area contributed by atoms with E-state index in [1.165, 1.54) is 27.9 Å². The van der Waals surface area contributed by atoms with E-state index in [2.05, 4.69) is 40.7 Å². The van der Waals surface area contributed by atoms with Crippen LogP contribution < -0.4 is 0 Å². The van der Waals surface area contributed by atoms with E-state index in [-0.39, 0.29) is 5.92 Å². The van der Waals surface area contributed by atoms with Crippen LogP contribution in [0, 0.1) is 6.92 Å². The quantitative estimate of drug-likeness (QED) is 0.751. The van der Waals surface area contributed by atoms with Crippen LogP contribution in [-0.2, 0) is 0 Å². The summed E-state index contributed by atoms with van der Waals surface area (Å²) in [6, 6.07) is 5.85. The van der Waals surface area contributed by atoms with E-state index in [4.69, 9.17) is 0 Å². The molecule has 1 N–H and O–H groups in total. The smallest absolute Gasteiger partial charge is 0.119 e. The van der Waals surface area contributed by atoms with Crippen molar-refractivity contribution in [3.05, 3.63) is 51.6 Å². The Morgan fingerprint density at radius 2 is 1.41 bits per heavy atom. The summed E-state index contributed by atoms with van der Waals surface area (Å²) < 4.78 is 0. The number of aromatic hydroxyl groups is 1. The Labute approximate surface area is 103 Å². The van der Waals surface area contributed by atoms with Crippen LogP contribution >= 0.6 is 0 Å². The van der Waals surface area contributed by atoms with Crippen LogP contribution in [-0.4, -0.2) is 5.11 Å². The summed E-state index contributed by atoms with van der Waals surface area (Å²) in [5.74, 6) is 0.664. The van der Waals surface area contributed by atoms with Crippen LogP contribution in [0.2, 0.25) is 0 Å². The standard InChI is InChI=1S/C16H20O/c1-9-6-7-15(17)14(8-9)16-12(4)10(2)11(3)13(16)5/h6-8,16-17H,1-5H3. The molecule has 0 amide bonds. The highest BCUT2D eigenvalue weighted by Crippen LogP contribution is 2.45. The molecule has 0 unspecified atom stereocenters. The van der Waals surface area contributed by atoms with Crippen molar-refractivity contribution in [3.63, 3.8) is 0 Å². The van der Waals surface area contributed by atoms with Gasteiger partial charge in [0.25, 0.3) is 0 Å². The van der Waals surface area contributed by atoms with Gasteiger partial charge in [0, 0.05) is 11.5 Å². The number of aryl methyl sites for hydroxylation is 1. The Morgan fingerprint density at radius 1 is 0.882 bits per heavy atom. The lowest BCUT2D eigenvalue weighted by Crippen LogP contribution is -2.00. The molecule has 0 aromatic heterocycles. The van der Waals surface area contributed by atoms with Crippen molar-refractivity contribution in [3.8, 4) is 5.75 Å². The molecule has 2 rings (SSSR count). The van der Waals surface area contributed by atoms with Gasteiger partial charge in [0.2, 0.25) is 0 Å². The minimum Gasteiger partial charge on any atom is -0.508 e. The molecule has 0 heterocycles. The predicted octanol–water partition coefficient (Wildman–Crippen LogP) is 4.47. The number of hydrogen-bond acceptors (Lipinski definition) is 1. The first kappa shape index (κ1) is 12.0. The minimum absolute atomic E-state index is 0.259. The zero-order valence-electron chi connectivity index (χ0n) is 11.3. The van der Waals surface area contributed by atoms with E-state index in [9.17, 15) is 5.11 Å². The number of allylic oxidation sites excluding steroid dienone is 4.